The van der Waals surface area contributed by atoms with Crippen molar-refractivity contribution in [1.82, 2.24) is 15.2 Å². The number of rotatable bonds is 6. The Morgan fingerprint density at radius 1 is 1.33 bits per heavy atom. The molecular formula is C21H24N4O2. The van der Waals surface area contributed by atoms with Gasteiger partial charge in [0.1, 0.15) is 12.4 Å². The molecule has 0 bridgehead atoms. The minimum atomic E-state index is 0.106. The van der Waals surface area contributed by atoms with Crippen LogP contribution in [0.25, 0.3) is 0 Å². The Kier molecular flexibility index (Phi) is 5.72. The smallest absolute Gasteiger partial charge is 0.225 e. The summed E-state index contributed by atoms with van der Waals surface area (Å²) in [4.78, 5) is 18.1. The maximum Gasteiger partial charge on any atom is 0.225 e. The number of nitrogens with one attached hydrogen (secondary N) is 1. The minimum Gasteiger partial charge on any atom is -0.487 e. The number of carbonyl (C=O) groups excluding carboxylic acids is 1. The summed E-state index contributed by atoms with van der Waals surface area (Å²) in [6.07, 6.45) is 1.62. The molecule has 1 aromatic heterocycles. The fraction of sp³-hybridized carbons (Fsp3) is 0.381. The van der Waals surface area contributed by atoms with Crippen LogP contribution in [0.2, 0.25) is 0 Å². The topological polar surface area (TPSA) is 78.3 Å². The first-order valence-corrected chi connectivity index (χ1v) is 9.02. The van der Waals surface area contributed by atoms with E-state index in [1.165, 1.54) is 16.7 Å². The van der Waals surface area contributed by atoms with E-state index >= 15 is 0 Å². The third-order valence-electron chi connectivity index (χ3n) is 4.96. The Labute approximate surface area is 159 Å². The third kappa shape index (κ3) is 4.44. The van der Waals surface area contributed by atoms with Gasteiger partial charge in [-0.3, -0.25) is 14.7 Å². The van der Waals surface area contributed by atoms with Gasteiger partial charge in [0.2, 0.25) is 5.91 Å². The Bertz CT molecular complexity index is 859. The second-order valence-electron chi connectivity index (χ2n) is 6.98. The molecule has 1 aliphatic heterocycles. The highest BCUT2D eigenvalue weighted by molar-refractivity contribution is 5.79. The standard InChI is InChI=1S/C21H24N4O2/c1-14-6-19(27-13-18-8-16(9-22)4-5-24-18)7-15(2)20(14)12-25-10-17(11-25)21(26)23-3/h4-8,17H,10-13H2,1-3H3,(H,23,26). The Morgan fingerprint density at radius 2 is 2.04 bits per heavy atom. The van der Waals surface area contributed by atoms with Gasteiger partial charge in [-0.25, -0.2) is 0 Å². The van der Waals surface area contributed by atoms with Crippen molar-refractivity contribution >= 4 is 5.91 Å². The molecule has 6 nitrogen and oxygen atoms in total. The number of hydrogen-bond donors (Lipinski definition) is 1. The summed E-state index contributed by atoms with van der Waals surface area (Å²) in [5.74, 6) is 1.03. The molecule has 3 rings (SSSR count). The molecule has 1 amide bonds. The molecule has 1 aliphatic rings. The molecule has 0 aliphatic carbocycles. The van der Waals surface area contributed by atoms with Gasteiger partial charge in [0.15, 0.2) is 0 Å². The van der Waals surface area contributed by atoms with Crippen LogP contribution in [0, 0.1) is 31.1 Å². The molecule has 0 unspecified atom stereocenters. The fourth-order valence-corrected chi connectivity index (χ4v) is 3.36. The molecule has 2 heterocycles. The molecule has 2 aromatic rings. The number of pyridine rings is 1. The van der Waals surface area contributed by atoms with Crippen LogP contribution >= 0.6 is 0 Å². The highest BCUT2D eigenvalue weighted by Gasteiger charge is 2.32. The number of carbonyl (C=O) groups is 1. The van der Waals surface area contributed by atoms with Gasteiger partial charge >= 0.3 is 0 Å². The van der Waals surface area contributed by atoms with E-state index in [4.69, 9.17) is 10.00 Å². The lowest BCUT2D eigenvalue weighted by Gasteiger charge is -2.38. The molecule has 0 atom stereocenters. The maximum atomic E-state index is 11.6. The molecule has 140 valence electrons. The summed E-state index contributed by atoms with van der Waals surface area (Å²) >= 11 is 0. The summed E-state index contributed by atoms with van der Waals surface area (Å²) in [6, 6.07) is 9.59. The molecule has 0 radical (unpaired) electrons. The number of likely N-dealkylation sites (tertiary alicyclic amines) is 1. The Morgan fingerprint density at radius 3 is 2.67 bits per heavy atom. The average Bonchev–Trinajstić information content (AvgIpc) is 2.64. The molecule has 27 heavy (non-hydrogen) atoms. The zero-order valence-electron chi connectivity index (χ0n) is 16.0. The number of aromatic nitrogens is 1. The average molecular weight is 364 g/mol. The van der Waals surface area contributed by atoms with Crippen molar-refractivity contribution in [3.05, 3.63) is 58.4 Å². The molecular weight excluding hydrogens is 340 g/mol. The van der Waals surface area contributed by atoms with Crippen LogP contribution in [0.15, 0.2) is 30.5 Å². The van der Waals surface area contributed by atoms with Crippen molar-refractivity contribution in [2.75, 3.05) is 20.1 Å². The van der Waals surface area contributed by atoms with E-state index in [0.717, 1.165) is 31.1 Å². The lowest BCUT2D eigenvalue weighted by Crippen LogP contribution is -2.52. The van der Waals surface area contributed by atoms with Crippen molar-refractivity contribution < 1.29 is 9.53 Å². The van der Waals surface area contributed by atoms with Gasteiger partial charge in [-0.15, -0.1) is 0 Å². The van der Waals surface area contributed by atoms with Crippen molar-refractivity contribution in [3.63, 3.8) is 0 Å². The first kappa shape index (κ1) is 18.9. The van der Waals surface area contributed by atoms with Gasteiger partial charge in [-0.05, 0) is 54.8 Å². The quantitative estimate of drug-likeness (QED) is 0.851. The molecule has 0 saturated carbocycles. The second-order valence-corrected chi connectivity index (χ2v) is 6.98. The SMILES string of the molecule is CNC(=O)C1CN(Cc2c(C)cc(OCc3cc(C#N)ccn3)cc2C)C1. The molecule has 1 N–H and O–H groups in total. The first-order valence-electron chi connectivity index (χ1n) is 9.02. The van der Waals surface area contributed by atoms with E-state index in [-0.39, 0.29) is 11.8 Å². The lowest BCUT2D eigenvalue weighted by molar-refractivity contribution is -0.129. The molecule has 1 aromatic carbocycles. The number of nitriles is 1. The monoisotopic (exact) mass is 364 g/mol. The zero-order chi connectivity index (χ0) is 19.4. The number of aryl methyl sites for hydroxylation is 2. The fourth-order valence-electron chi connectivity index (χ4n) is 3.36. The Balaban J connectivity index is 1.61. The summed E-state index contributed by atoms with van der Waals surface area (Å²) in [7, 11) is 1.68. The predicted molar refractivity (Wildman–Crippen MR) is 102 cm³/mol. The van der Waals surface area contributed by atoms with Gasteiger partial charge < -0.3 is 10.1 Å². The van der Waals surface area contributed by atoms with Crippen LogP contribution in [0.3, 0.4) is 0 Å². The normalized spacial score (nSPS) is 14.3. The minimum absolute atomic E-state index is 0.106. The number of nitrogens with zero attached hydrogens (tertiary/aromatic N) is 3. The largest absolute Gasteiger partial charge is 0.487 e. The predicted octanol–water partition coefficient (Wildman–Crippen LogP) is 2.33. The van der Waals surface area contributed by atoms with Crippen molar-refractivity contribution in [3.8, 4) is 11.8 Å². The van der Waals surface area contributed by atoms with E-state index in [9.17, 15) is 4.79 Å². The van der Waals surface area contributed by atoms with Gasteiger partial charge in [0.25, 0.3) is 0 Å². The van der Waals surface area contributed by atoms with E-state index in [0.29, 0.717) is 12.2 Å². The van der Waals surface area contributed by atoms with E-state index < -0.39 is 0 Å². The Hall–Kier alpha value is -2.91. The van der Waals surface area contributed by atoms with Crippen LogP contribution in [-0.2, 0) is 17.9 Å². The highest BCUT2D eigenvalue weighted by Crippen LogP contribution is 2.26. The summed E-state index contributed by atoms with van der Waals surface area (Å²) in [6.45, 7) is 6.94. The highest BCUT2D eigenvalue weighted by atomic mass is 16.5. The van der Waals surface area contributed by atoms with Crippen LogP contribution in [0.1, 0.15) is 27.9 Å². The number of amides is 1. The lowest BCUT2D eigenvalue weighted by atomic mass is 9.95. The molecule has 0 spiro atoms. The van der Waals surface area contributed by atoms with Crippen LogP contribution in [-0.4, -0.2) is 35.9 Å². The van der Waals surface area contributed by atoms with Crippen molar-refractivity contribution in [2.45, 2.75) is 27.0 Å². The van der Waals surface area contributed by atoms with Gasteiger partial charge in [0.05, 0.1) is 23.2 Å². The van der Waals surface area contributed by atoms with E-state index in [2.05, 4.69) is 35.1 Å². The molecule has 1 saturated heterocycles. The zero-order valence-corrected chi connectivity index (χ0v) is 16.0. The van der Waals surface area contributed by atoms with Crippen molar-refractivity contribution in [1.29, 1.82) is 5.26 Å². The summed E-state index contributed by atoms with van der Waals surface area (Å²) in [5.41, 5.74) is 4.94. The molecule has 1 fully saturated rings. The van der Waals surface area contributed by atoms with Crippen LogP contribution in [0.4, 0.5) is 0 Å². The van der Waals surface area contributed by atoms with Gasteiger partial charge in [0, 0.05) is 32.9 Å². The number of benzene rings is 1. The first-order chi connectivity index (χ1) is 13.0. The van der Waals surface area contributed by atoms with Crippen LogP contribution < -0.4 is 10.1 Å². The van der Waals surface area contributed by atoms with Gasteiger partial charge in [-0.1, -0.05) is 0 Å². The summed E-state index contributed by atoms with van der Waals surface area (Å²) in [5, 5.41) is 11.7. The van der Waals surface area contributed by atoms with E-state index in [1.807, 2.05) is 12.1 Å². The number of ether oxygens (including phenoxy) is 1. The third-order valence-corrected chi connectivity index (χ3v) is 4.96. The van der Waals surface area contributed by atoms with Crippen LogP contribution in [0.5, 0.6) is 5.75 Å². The summed E-state index contributed by atoms with van der Waals surface area (Å²) < 4.78 is 5.88. The van der Waals surface area contributed by atoms with E-state index in [1.54, 1.807) is 25.4 Å². The second kappa shape index (κ2) is 8.19. The maximum absolute atomic E-state index is 11.6. The van der Waals surface area contributed by atoms with Crippen molar-refractivity contribution in [2.24, 2.45) is 5.92 Å². The van der Waals surface area contributed by atoms with Gasteiger partial charge in [-0.2, -0.15) is 5.26 Å². The number of hydrogen-bond acceptors (Lipinski definition) is 5. The molecule has 6 heteroatoms.